The van der Waals surface area contributed by atoms with Crippen LogP contribution in [0.15, 0.2) is 5.38 Å². The van der Waals surface area contributed by atoms with Gasteiger partial charge in [-0.25, -0.2) is 9.78 Å². The summed E-state index contributed by atoms with van der Waals surface area (Å²) in [5.74, 6) is -1.68. The van der Waals surface area contributed by atoms with E-state index in [0.717, 1.165) is 5.69 Å². The smallest absolute Gasteiger partial charge is 0.397 e. The molecule has 0 fully saturated rings. The maximum Gasteiger partial charge on any atom is 0.397 e. The number of hydrogen-bond acceptors (Lipinski definition) is 5. The van der Waals surface area contributed by atoms with Crippen molar-refractivity contribution in [2.24, 2.45) is 0 Å². The van der Waals surface area contributed by atoms with Gasteiger partial charge in [-0.3, -0.25) is 10.1 Å². The second kappa shape index (κ2) is 4.71. The van der Waals surface area contributed by atoms with Gasteiger partial charge in [0, 0.05) is 5.38 Å². The number of nitrogens with one attached hydrogen (secondary N) is 1. The first-order valence-corrected chi connectivity index (χ1v) is 4.91. The van der Waals surface area contributed by atoms with Gasteiger partial charge in [-0.05, 0) is 13.8 Å². The third kappa shape index (κ3) is 2.81. The van der Waals surface area contributed by atoms with E-state index in [1.165, 1.54) is 11.3 Å². The normalized spacial score (nSPS) is 9.57. The summed E-state index contributed by atoms with van der Waals surface area (Å²) in [5.41, 5.74) is 0.800. The first kappa shape index (κ1) is 10.6. The van der Waals surface area contributed by atoms with Crippen LogP contribution in [0.5, 0.6) is 0 Å². The van der Waals surface area contributed by atoms with Crippen LogP contribution in [0.2, 0.25) is 0 Å². The zero-order valence-electron chi connectivity index (χ0n) is 7.86. The van der Waals surface area contributed by atoms with Gasteiger partial charge in [0.05, 0.1) is 12.3 Å². The van der Waals surface area contributed by atoms with Crippen molar-refractivity contribution in [3.05, 3.63) is 11.1 Å². The molecule has 1 rings (SSSR count). The molecule has 1 aromatic rings. The SMILES string of the molecule is CCOC(=O)C(=O)Nc1nc(C)cs1. The van der Waals surface area contributed by atoms with Crippen LogP contribution < -0.4 is 5.32 Å². The van der Waals surface area contributed by atoms with Crippen molar-refractivity contribution in [3.8, 4) is 0 Å². The Bertz CT molecular complexity index is 348. The Hall–Kier alpha value is -1.43. The van der Waals surface area contributed by atoms with Crippen LogP contribution >= 0.6 is 11.3 Å². The number of esters is 1. The second-order valence-corrected chi connectivity index (χ2v) is 3.33. The molecule has 14 heavy (non-hydrogen) atoms. The number of rotatable bonds is 2. The zero-order chi connectivity index (χ0) is 10.6. The molecule has 76 valence electrons. The van der Waals surface area contributed by atoms with E-state index in [4.69, 9.17) is 0 Å². The lowest BCUT2D eigenvalue weighted by Gasteiger charge is -2.00. The van der Waals surface area contributed by atoms with Crippen LogP contribution in [0, 0.1) is 6.92 Å². The lowest BCUT2D eigenvalue weighted by molar-refractivity contribution is -0.152. The fourth-order valence-corrected chi connectivity index (χ4v) is 1.44. The predicted octanol–water partition coefficient (Wildman–Crippen LogP) is 0.953. The predicted molar refractivity (Wildman–Crippen MR) is 52.1 cm³/mol. The van der Waals surface area contributed by atoms with Gasteiger partial charge in [0.2, 0.25) is 0 Å². The summed E-state index contributed by atoms with van der Waals surface area (Å²) in [5, 5.41) is 4.52. The van der Waals surface area contributed by atoms with Gasteiger partial charge in [0.1, 0.15) is 0 Å². The molecule has 1 N–H and O–H groups in total. The summed E-state index contributed by atoms with van der Waals surface area (Å²) >= 11 is 1.26. The maximum absolute atomic E-state index is 11.1. The van der Waals surface area contributed by atoms with Gasteiger partial charge in [0.25, 0.3) is 0 Å². The average molecular weight is 214 g/mol. The summed E-state index contributed by atoms with van der Waals surface area (Å²) < 4.78 is 4.51. The molecule has 0 saturated carbocycles. The third-order valence-electron chi connectivity index (χ3n) is 1.30. The van der Waals surface area contributed by atoms with Gasteiger partial charge in [-0.15, -0.1) is 11.3 Å². The van der Waals surface area contributed by atoms with Crippen molar-refractivity contribution in [1.82, 2.24) is 4.98 Å². The molecule has 0 atom stereocenters. The zero-order valence-corrected chi connectivity index (χ0v) is 8.68. The molecule has 1 amide bonds. The standard InChI is InChI=1S/C8H10N2O3S/c1-3-13-7(12)6(11)10-8-9-5(2)4-14-8/h4H,3H2,1-2H3,(H,9,10,11). The number of nitrogens with zero attached hydrogens (tertiary/aromatic N) is 1. The number of hydrogen-bond donors (Lipinski definition) is 1. The van der Waals surface area contributed by atoms with Gasteiger partial charge < -0.3 is 4.74 Å². The topological polar surface area (TPSA) is 68.3 Å². The highest BCUT2D eigenvalue weighted by Crippen LogP contribution is 2.13. The average Bonchev–Trinajstić information content (AvgIpc) is 2.51. The Kier molecular flexibility index (Phi) is 3.58. The van der Waals surface area contributed by atoms with Crippen LogP contribution in [0.3, 0.4) is 0 Å². The molecule has 1 aromatic heterocycles. The molecule has 6 heteroatoms. The van der Waals surface area contributed by atoms with Gasteiger partial charge >= 0.3 is 11.9 Å². The maximum atomic E-state index is 11.1. The Labute approximate surface area is 85.1 Å². The highest BCUT2D eigenvalue weighted by molar-refractivity contribution is 7.14. The van der Waals surface area contributed by atoms with Crippen LogP contribution in [-0.2, 0) is 14.3 Å². The Balaban J connectivity index is 2.53. The van der Waals surface area contributed by atoms with E-state index in [0.29, 0.717) is 5.13 Å². The molecule has 1 heterocycles. The van der Waals surface area contributed by atoms with E-state index in [1.54, 1.807) is 19.2 Å². The van der Waals surface area contributed by atoms with Gasteiger partial charge in [0.15, 0.2) is 5.13 Å². The van der Waals surface area contributed by atoms with Crippen molar-refractivity contribution in [3.63, 3.8) is 0 Å². The summed E-state index contributed by atoms with van der Waals surface area (Å²) in [4.78, 5) is 26.0. The monoisotopic (exact) mass is 214 g/mol. The Morgan fingerprint density at radius 2 is 2.36 bits per heavy atom. The molecule has 0 aliphatic rings. The molecule has 0 aliphatic carbocycles. The number of carbonyl (C=O) groups excluding carboxylic acids is 2. The van der Waals surface area contributed by atoms with Crippen LogP contribution in [0.1, 0.15) is 12.6 Å². The van der Waals surface area contributed by atoms with E-state index < -0.39 is 11.9 Å². The van der Waals surface area contributed by atoms with Crippen molar-refractivity contribution in [2.45, 2.75) is 13.8 Å². The summed E-state index contributed by atoms with van der Waals surface area (Å²) in [7, 11) is 0. The fraction of sp³-hybridized carbons (Fsp3) is 0.375. The van der Waals surface area contributed by atoms with E-state index in [2.05, 4.69) is 15.0 Å². The Morgan fingerprint density at radius 1 is 1.64 bits per heavy atom. The molecule has 0 saturated heterocycles. The van der Waals surface area contributed by atoms with E-state index in [-0.39, 0.29) is 6.61 Å². The largest absolute Gasteiger partial charge is 0.459 e. The van der Waals surface area contributed by atoms with Crippen LogP contribution in [0.25, 0.3) is 0 Å². The summed E-state index contributed by atoms with van der Waals surface area (Å²) in [6.45, 7) is 3.62. The summed E-state index contributed by atoms with van der Waals surface area (Å²) in [6.07, 6.45) is 0. The van der Waals surface area contributed by atoms with Crippen LogP contribution in [0.4, 0.5) is 5.13 Å². The van der Waals surface area contributed by atoms with E-state index in [1.807, 2.05) is 0 Å². The number of carbonyl (C=O) groups is 2. The Morgan fingerprint density at radius 3 is 2.86 bits per heavy atom. The molecule has 0 aliphatic heterocycles. The molecule has 5 nitrogen and oxygen atoms in total. The number of amides is 1. The van der Waals surface area contributed by atoms with Crippen LogP contribution in [-0.4, -0.2) is 23.5 Å². The first-order valence-electron chi connectivity index (χ1n) is 4.03. The lowest BCUT2D eigenvalue weighted by Crippen LogP contribution is -2.24. The van der Waals surface area contributed by atoms with E-state index in [9.17, 15) is 9.59 Å². The van der Waals surface area contributed by atoms with Crippen molar-refractivity contribution < 1.29 is 14.3 Å². The minimum Gasteiger partial charge on any atom is -0.459 e. The molecule has 0 bridgehead atoms. The van der Waals surface area contributed by atoms with Gasteiger partial charge in [-0.1, -0.05) is 0 Å². The van der Waals surface area contributed by atoms with Crippen molar-refractivity contribution in [1.29, 1.82) is 0 Å². The molecule has 0 radical (unpaired) electrons. The third-order valence-corrected chi connectivity index (χ3v) is 2.18. The summed E-state index contributed by atoms with van der Waals surface area (Å²) in [6, 6.07) is 0. The van der Waals surface area contributed by atoms with Crippen molar-refractivity contribution >= 4 is 28.3 Å². The number of anilines is 1. The number of ether oxygens (including phenoxy) is 1. The molecule has 0 unspecified atom stereocenters. The minimum absolute atomic E-state index is 0.184. The number of aromatic nitrogens is 1. The molecular weight excluding hydrogens is 204 g/mol. The molecule has 0 spiro atoms. The number of aryl methyl sites for hydroxylation is 1. The lowest BCUT2D eigenvalue weighted by atomic mass is 10.6. The van der Waals surface area contributed by atoms with Crippen molar-refractivity contribution in [2.75, 3.05) is 11.9 Å². The second-order valence-electron chi connectivity index (χ2n) is 2.47. The molecule has 0 aromatic carbocycles. The fourth-order valence-electron chi connectivity index (χ4n) is 0.756. The van der Waals surface area contributed by atoms with Gasteiger partial charge in [-0.2, -0.15) is 0 Å². The number of thiazole rings is 1. The quantitative estimate of drug-likeness (QED) is 0.588. The highest BCUT2D eigenvalue weighted by atomic mass is 32.1. The van der Waals surface area contributed by atoms with E-state index >= 15 is 0 Å². The first-order chi connectivity index (χ1) is 6.63. The molecular formula is C8H10N2O3S. The minimum atomic E-state index is -0.889. The highest BCUT2D eigenvalue weighted by Gasteiger charge is 2.15.